The molecule has 1 aliphatic heterocycles. The fourth-order valence-electron chi connectivity index (χ4n) is 4.48. The van der Waals surface area contributed by atoms with E-state index in [1.807, 2.05) is 55.5 Å². The third kappa shape index (κ3) is 4.56. The van der Waals surface area contributed by atoms with Crippen LogP contribution in [0.3, 0.4) is 0 Å². The minimum Gasteiger partial charge on any atom is -0.336 e. The Kier molecular flexibility index (Phi) is 6.11. The summed E-state index contributed by atoms with van der Waals surface area (Å²) in [4.78, 5) is 39.3. The summed E-state index contributed by atoms with van der Waals surface area (Å²) >= 11 is 1.53. The van der Waals surface area contributed by atoms with Crippen molar-refractivity contribution in [3.8, 4) is 0 Å². The highest BCUT2D eigenvalue weighted by Crippen LogP contribution is 2.34. The predicted molar refractivity (Wildman–Crippen MR) is 134 cm³/mol. The Balaban J connectivity index is 1.44. The lowest BCUT2D eigenvalue weighted by Gasteiger charge is -2.23. The monoisotopic (exact) mass is 470 g/mol. The van der Waals surface area contributed by atoms with Crippen molar-refractivity contribution in [2.45, 2.75) is 33.4 Å². The Labute approximate surface area is 202 Å². The average Bonchev–Trinajstić information content (AvgIpc) is 3.42. The van der Waals surface area contributed by atoms with Crippen LogP contribution in [-0.4, -0.2) is 33.2 Å². The molecular formula is C27H26N4O2S. The number of aromatic nitrogens is 2. The van der Waals surface area contributed by atoms with Gasteiger partial charge in [-0.15, -0.1) is 0 Å². The number of pyridine rings is 1. The SMILES string of the molecule is Cc1cc(C)c2nc(N(Cc3ccccc3)C(=O)C3CC(=O)N(Cc4ccccn4)C3)sc2c1. The van der Waals surface area contributed by atoms with E-state index in [0.29, 0.717) is 24.8 Å². The van der Waals surface area contributed by atoms with Gasteiger partial charge in [0.15, 0.2) is 5.13 Å². The summed E-state index contributed by atoms with van der Waals surface area (Å²) in [6, 6.07) is 19.8. The van der Waals surface area contributed by atoms with E-state index in [4.69, 9.17) is 4.98 Å². The smallest absolute Gasteiger partial charge is 0.234 e. The third-order valence-corrected chi connectivity index (χ3v) is 7.17. The number of benzene rings is 2. The molecule has 1 fully saturated rings. The number of hydrogen-bond acceptors (Lipinski definition) is 5. The highest BCUT2D eigenvalue weighted by molar-refractivity contribution is 7.22. The van der Waals surface area contributed by atoms with Gasteiger partial charge in [0.25, 0.3) is 0 Å². The second kappa shape index (κ2) is 9.35. The van der Waals surface area contributed by atoms with E-state index in [2.05, 4.69) is 24.0 Å². The van der Waals surface area contributed by atoms with E-state index in [1.54, 1.807) is 16.0 Å². The molecule has 0 N–H and O–H groups in total. The molecule has 2 aromatic heterocycles. The predicted octanol–water partition coefficient (Wildman–Crippen LogP) is 4.89. The number of aryl methyl sites for hydroxylation is 2. The van der Waals surface area contributed by atoms with E-state index in [-0.39, 0.29) is 18.2 Å². The fourth-order valence-corrected chi connectivity index (χ4v) is 5.62. The number of thiazole rings is 1. The third-order valence-electron chi connectivity index (χ3n) is 6.14. The van der Waals surface area contributed by atoms with Gasteiger partial charge < -0.3 is 4.90 Å². The quantitative estimate of drug-likeness (QED) is 0.402. The molecule has 0 saturated carbocycles. The van der Waals surface area contributed by atoms with Crippen LogP contribution in [0.15, 0.2) is 66.9 Å². The molecule has 7 heteroatoms. The molecule has 2 aromatic carbocycles. The summed E-state index contributed by atoms with van der Waals surface area (Å²) in [5.74, 6) is -0.483. The van der Waals surface area contributed by atoms with Crippen LogP contribution >= 0.6 is 11.3 Å². The molecule has 1 unspecified atom stereocenters. The molecular weight excluding hydrogens is 444 g/mol. The van der Waals surface area contributed by atoms with E-state index in [1.165, 1.54) is 16.9 Å². The minimum atomic E-state index is -0.408. The summed E-state index contributed by atoms with van der Waals surface area (Å²) in [6.45, 7) is 5.35. The maximum atomic E-state index is 13.8. The molecule has 4 aromatic rings. The number of nitrogens with zero attached hydrogens (tertiary/aromatic N) is 4. The first-order valence-electron chi connectivity index (χ1n) is 11.4. The maximum absolute atomic E-state index is 13.8. The molecule has 1 atom stereocenters. The number of carbonyl (C=O) groups excluding carboxylic acids is 2. The highest BCUT2D eigenvalue weighted by Gasteiger charge is 2.38. The summed E-state index contributed by atoms with van der Waals surface area (Å²) in [5.41, 5.74) is 5.05. The Bertz CT molecular complexity index is 1340. The van der Waals surface area contributed by atoms with E-state index in [9.17, 15) is 9.59 Å². The number of likely N-dealkylation sites (tertiary alicyclic amines) is 1. The second-order valence-corrected chi connectivity index (χ2v) is 9.84. The van der Waals surface area contributed by atoms with Crippen molar-refractivity contribution in [3.05, 3.63) is 89.2 Å². The van der Waals surface area contributed by atoms with Crippen LogP contribution in [0.4, 0.5) is 5.13 Å². The molecule has 172 valence electrons. The first-order valence-corrected chi connectivity index (χ1v) is 12.2. The second-order valence-electron chi connectivity index (χ2n) is 8.83. The van der Waals surface area contributed by atoms with Gasteiger partial charge in [-0.05, 0) is 48.7 Å². The Morgan fingerprint density at radius 3 is 2.68 bits per heavy atom. The zero-order valence-electron chi connectivity index (χ0n) is 19.3. The van der Waals surface area contributed by atoms with Crippen LogP contribution in [0.5, 0.6) is 0 Å². The molecule has 0 spiro atoms. The van der Waals surface area contributed by atoms with Crippen molar-refractivity contribution in [2.75, 3.05) is 11.4 Å². The van der Waals surface area contributed by atoms with Crippen LogP contribution in [-0.2, 0) is 22.7 Å². The molecule has 0 bridgehead atoms. The summed E-state index contributed by atoms with van der Waals surface area (Å²) in [7, 11) is 0. The van der Waals surface area contributed by atoms with E-state index >= 15 is 0 Å². The van der Waals surface area contributed by atoms with Gasteiger partial charge in [0, 0.05) is 19.2 Å². The number of fused-ring (bicyclic) bond motifs is 1. The normalized spacial score (nSPS) is 15.8. The van der Waals surface area contributed by atoms with Crippen molar-refractivity contribution < 1.29 is 9.59 Å². The molecule has 0 aliphatic carbocycles. The van der Waals surface area contributed by atoms with Crippen molar-refractivity contribution >= 4 is 38.5 Å². The standard InChI is InChI=1S/C27H26N4O2S/c1-18-12-19(2)25-23(13-18)34-27(29-25)31(15-20-8-4-3-5-9-20)26(33)21-14-24(32)30(16-21)17-22-10-6-7-11-28-22/h3-13,21H,14-17H2,1-2H3. The summed E-state index contributed by atoms with van der Waals surface area (Å²) < 4.78 is 1.07. The van der Waals surface area contributed by atoms with Gasteiger partial charge in [-0.2, -0.15) is 0 Å². The van der Waals surface area contributed by atoms with Crippen LogP contribution in [0, 0.1) is 19.8 Å². The number of rotatable bonds is 6. The number of hydrogen-bond donors (Lipinski definition) is 0. The zero-order chi connectivity index (χ0) is 23.7. The fraction of sp³-hybridized carbons (Fsp3) is 0.259. The Morgan fingerprint density at radius 1 is 1.12 bits per heavy atom. The summed E-state index contributed by atoms with van der Waals surface area (Å²) in [6.07, 6.45) is 1.93. The van der Waals surface area contributed by atoms with Gasteiger partial charge in [0.1, 0.15) is 0 Å². The van der Waals surface area contributed by atoms with Gasteiger partial charge >= 0.3 is 0 Å². The largest absolute Gasteiger partial charge is 0.336 e. The lowest BCUT2D eigenvalue weighted by Crippen LogP contribution is -2.37. The van der Waals surface area contributed by atoms with Gasteiger partial charge in [-0.25, -0.2) is 4.98 Å². The van der Waals surface area contributed by atoms with Gasteiger partial charge in [-0.3, -0.25) is 19.5 Å². The molecule has 1 aliphatic rings. The molecule has 1 saturated heterocycles. The molecule has 3 heterocycles. The lowest BCUT2D eigenvalue weighted by molar-refractivity contribution is -0.129. The van der Waals surface area contributed by atoms with E-state index < -0.39 is 5.92 Å². The summed E-state index contributed by atoms with van der Waals surface area (Å²) in [5, 5.41) is 0.674. The van der Waals surface area contributed by atoms with Crippen molar-refractivity contribution in [2.24, 2.45) is 5.92 Å². The van der Waals surface area contributed by atoms with Crippen molar-refractivity contribution in [1.29, 1.82) is 0 Å². The number of carbonyl (C=O) groups is 2. The molecule has 5 rings (SSSR count). The van der Waals surface area contributed by atoms with Gasteiger partial charge in [0.05, 0.1) is 34.9 Å². The topological polar surface area (TPSA) is 66.4 Å². The van der Waals surface area contributed by atoms with Crippen molar-refractivity contribution in [1.82, 2.24) is 14.9 Å². The number of anilines is 1. The molecule has 6 nitrogen and oxygen atoms in total. The molecule has 2 amide bonds. The first kappa shape index (κ1) is 22.2. The molecule has 34 heavy (non-hydrogen) atoms. The van der Waals surface area contributed by atoms with Crippen LogP contribution < -0.4 is 4.90 Å². The highest BCUT2D eigenvalue weighted by atomic mass is 32.1. The maximum Gasteiger partial charge on any atom is 0.234 e. The van der Waals surface area contributed by atoms with Crippen LogP contribution in [0.2, 0.25) is 0 Å². The van der Waals surface area contributed by atoms with Crippen LogP contribution in [0.25, 0.3) is 10.2 Å². The van der Waals surface area contributed by atoms with E-state index in [0.717, 1.165) is 27.0 Å². The number of amides is 2. The zero-order valence-corrected chi connectivity index (χ0v) is 20.1. The van der Waals surface area contributed by atoms with Crippen molar-refractivity contribution in [3.63, 3.8) is 0 Å². The Morgan fingerprint density at radius 2 is 1.91 bits per heavy atom. The minimum absolute atomic E-state index is 0.0144. The average molecular weight is 471 g/mol. The van der Waals surface area contributed by atoms with Gasteiger partial charge in [0.2, 0.25) is 11.8 Å². The lowest BCUT2D eigenvalue weighted by atomic mass is 10.1. The first-order chi connectivity index (χ1) is 16.5. The molecule has 0 radical (unpaired) electrons. The van der Waals surface area contributed by atoms with Gasteiger partial charge in [-0.1, -0.05) is 53.8 Å². The van der Waals surface area contributed by atoms with Crippen LogP contribution in [0.1, 0.15) is 28.8 Å². The Hall–Kier alpha value is -3.58.